The van der Waals surface area contributed by atoms with Crippen LogP contribution < -0.4 is 5.73 Å². The lowest BCUT2D eigenvalue weighted by Crippen LogP contribution is -2.49. The molecule has 110 valence electrons. The maximum Gasteiger partial charge on any atom is 0.180 e. The molecule has 4 saturated carbocycles. The summed E-state index contributed by atoms with van der Waals surface area (Å²) in [6, 6.07) is 0.199. The van der Waals surface area contributed by atoms with Crippen molar-refractivity contribution < 1.29 is 0 Å². The largest absolute Gasteiger partial charge is 0.328 e. The molecule has 0 radical (unpaired) electrons. The molecule has 0 amide bonds. The van der Waals surface area contributed by atoms with E-state index in [9.17, 15) is 0 Å². The molecule has 1 unspecified atom stereocenters. The first-order chi connectivity index (χ1) is 9.72. The first-order valence-electron chi connectivity index (χ1n) is 8.22. The minimum atomic E-state index is 0.199. The molecule has 0 spiro atoms. The van der Waals surface area contributed by atoms with Gasteiger partial charge in [-0.3, -0.25) is 0 Å². The number of hydrogen-bond acceptors (Lipinski definition) is 4. The predicted octanol–water partition coefficient (Wildman–Crippen LogP) is 2.05. The summed E-state index contributed by atoms with van der Waals surface area (Å²) in [4.78, 5) is 1.77. The zero-order valence-corrected chi connectivity index (χ0v) is 12.3. The smallest absolute Gasteiger partial charge is 0.180 e. The van der Waals surface area contributed by atoms with Crippen molar-refractivity contribution in [2.45, 2.75) is 63.3 Å². The molecule has 4 fully saturated rings. The summed E-state index contributed by atoms with van der Waals surface area (Å²) in [5.74, 6) is 3.78. The summed E-state index contributed by atoms with van der Waals surface area (Å²) in [5.41, 5.74) is 6.05. The van der Waals surface area contributed by atoms with Crippen LogP contribution in [0.2, 0.25) is 0 Å². The first kappa shape index (κ1) is 12.7. The molecule has 4 bridgehead atoms. The van der Waals surface area contributed by atoms with Crippen LogP contribution in [0.1, 0.15) is 63.7 Å². The van der Waals surface area contributed by atoms with Gasteiger partial charge in [-0.15, -0.1) is 10.2 Å². The second-order valence-corrected chi connectivity index (χ2v) is 7.43. The van der Waals surface area contributed by atoms with Gasteiger partial charge in [0.25, 0.3) is 0 Å². The van der Waals surface area contributed by atoms with Gasteiger partial charge in [-0.25, -0.2) is 0 Å². The summed E-state index contributed by atoms with van der Waals surface area (Å²) in [6.45, 7) is 2.72. The van der Waals surface area contributed by atoms with Crippen molar-refractivity contribution in [1.82, 2.24) is 20.2 Å². The van der Waals surface area contributed by atoms with Crippen molar-refractivity contribution in [3.8, 4) is 0 Å². The predicted molar refractivity (Wildman–Crippen MR) is 76.0 cm³/mol. The molecular weight excluding hydrogens is 250 g/mol. The van der Waals surface area contributed by atoms with Gasteiger partial charge in [-0.1, -0.05) is 6.92 Å². The van der Waals surface area contributed by atoms with Crippen LogP contribution in [0.15, 0.2) is 0 Å². The third-order valence-electron chi connectivity index (χ3n) is 6.01. The van der Waals surface area contributed by atoms with Gasteiger partial charge in [0, 0.05) is 12.0 Å². The van der Waals surface area contributed by atoms with E-state index in [4.69, 9.17) is 10.8 Å². The second-order valence-electron chi connectivity index (χ2n) is 7.43. The molecule has 1 aromatic rings. The highest BCUT2D eigenvalue weighted by Gasteiger charge is 2.53. The summed E-state index contributed by atoms with van der Waals surface area (Å²) in [5, 5.41) is 13.5. The van der Waals surface area contributed by atoms with Crippen LogP contribution in [0.25, 0.3) is 0 Å². The van der Waals surface area contributed by atoms with E-state index in [1.807, 2.05) is 0 Å². The third kappa shape index (κ3) is 1.82. The quantitative estimate of drug-likeness (QED) is 0.913. The molecule has 1 atom stereocenters. The molecule has 0 aromatic carbocycles. The van der Waals surface area contributed by atoms with Gasteiger partial charge in [0.15, 0.2) is 5.82 Å². The molecular formula is C15H25N5. The summed E-state index contributed by atoms with van der Waals surface area (Å²) in [6.07, 6.45) is 9.21. The Morgan fingerprint density at radius 2 is 1.80 bits per heavy atom. The van der Waals surface area contributed by atoms with Gasteiger partial charge in [0.1, 0.15) is 0 Å². The van der Waals surface area contributed by atoms with Crippen molar-refractivity contribution in [2.75, 3.05) is 6.54 Å². The van der Waals surface area contributed by atoms with Crippen molar-refractivity contribution in [2.24, 2.45) is 23.5 Å². The SMILES string of the molecule is CCC(CN)n1nnc(C23CC4CC(CC(C4)C2)C3)n1. The van der Waals surface area contributed by atoms with Crippen molar-refractivity contribution in [1.29, 1.82) is 0 Å². The Balaban J connectivity index is 1.64. The van der Waals surface area contributed by atoms with Gasteiger partial charge in [0.05, 0.1) is 6.04 Å². The monoisotopic (exact) mass is 275 g/mol. The minimum absolute atomic E-state index is 0.199. The number of aromatic nitrogens is 4. The van der Waals surface area contributed by atoms with Gasteiger partial charge < -0.3 is 5.73 Å². The molecule has 1 heterocycles. The van der Waals surface area contributed by atoms with Crippen molar-refractivity contribution in [3.05, 3.63) is 5.82 Å². The van der Waals surface area contributed by atoms with Crippen molar-refractivity contribution in [3.63, 3.8) is 0 Å². The molecule has 5 heteroatoms. The van der Waals surface area contributed by atoms with E-state index < -0.39 is 0 Å². The topological polar surface area (TPSA) is 69.6 Å². The molecule has 5 nitrogen and oxygen atoms in total. The lowest BCUT2D eigenvalue weighted by Gasteiger charge is -2.55. The van der Waals surface area contributed by atoms with E-state index in [0.29, 0.717) is 6.54 Å². The molecule has 5 rings (SSSR count). The zero-order chi connectivity index (χ0) is 13.7. The van der Waals surface area contributed by atoms with Crippen LogP contribution in [0.4, 0.5) is 0 Å². The number of rotatable bonds is 4. The van der Waals surface area contributed by atoms with E-state index in [-0.39, 0.29) is 11.5 Å². The Kier molecular flexibility index (Phi) is 2.88. The standard InChI is InChI=1S/C15H25N5/c1-2-13(9-16)20-18-14(17-19-20)15-6-10-3-11(7-15)5-12(4-10)8-15/h10-13H,2-9,16H2,1H3. The fraction of sp³-hybridized carbons (Fsp3) is 0.933. The fourth-order valence-corrected chi connectivity index (χ4v) is 5.40. The summed E-state index contributed by atoms with van der Waals surface area (Å²) >= 11 is 0. The van der Waals surface area contributed by atoms with Gasteiger partial charge in [0.2, 0.25) is 0 Å². The Morgan fingerprint density at radius 1 is 1.20 bits per heavy atom. The van der Waals surface area contributed by atoms with E-state index in [1.54, 1.807) is 4.80 Å². The Hall–Kier alpha value is -0.970. The normalized spacial score (nSPS) is 40.2. The highest BCUT2D eigenvalue weighted by molar-refractivity contribution is 5.15. The molecule has 0 saturated heterocycles. The van der Waals surface area contributed by atoms with Gasteiger partial charge in [-0.2, -0.15) is 4.80 Å². The highest BCUT2D eigenvalue weighted by atomic mass is 15.6. The molecule has 4 aliphatic rings. The summed E-state index contributed by atoms with van der Waals surface area (Å²) in [7, 11) is 0. The molecule has 20 heavy (non-hydrogen) atoms. The number of hydrogen-bond donors (Lipinski definition) is 1. The molecule has 0 aliphatic heterocycles. The first-order valence-corrected chi connectivity index (χ1v) is 8.22. The average Bonchev–Trinajstić information content (AvgIpc) is 2.89. The number of tetrazole rings is 1. The fourth-order valence-electron chi connectivity index (χ4n) is 5.40. The summed E-state index contributed by atoms with van der Waals surface area (Å²) < 4.78 is 0. The second kappa shape index (κ2) is 4.52. The average molecular weight is 275 g/mol. The lowest BCUT2D eigenvalue weighted by molar-refractivity contribution is -0.00959. The Morgan fingerprint density at radius 3 is 2.30 bits per heavy atom. The van der Waals surface area contributed by atoms with E-state index in [2.05, 4.69) is 17.2 Å². The molecule has 1 aromatic heterocycles. The van der Waals surface area contributed by atoms with E-state index in [1.165, 1.54) is 38.5 Å². The van der Waals surface area contributed by atoms with Crippen LogP contribution in [-0.4, -0.2) is 26.8 Å². The van der Waals surface area contributed by atoms with Gasteiger partial charge in [-0.05, 0) is 67.9 Å². The maximum absolute atomic E-state index is 5.80. The van der Waals surface area contributed by atoms with Crippen LogP contribution in [0, 0.1) is 17.8 Å². The third-order valence-corrected chi connectivity index (χ3v) is 6.01. The Labute approximate surface area is 120 Å². The molecule has 4 aliphatic carbocycles. The van der Waals surface area contributed by atoms with Crippen LogP contribution in [-0.2, 0) is 5.41 Å². The molecule has 2 N–H and O–H groups in total. The number of nitrogens with zero attached hydrogens (tertiary/aromatic N) is 4. The van der Waals surface area contributed by atoms with Crippen molar-refractivity contribution >= 4 is 0 Å². The maximum atomic E-state index is 5.80. The van der Waals surface area contributed by atoms with E-state index >= 15 is 0 Å². The lowest BCUT2D eigenvalue weighted by atomic mass is 9.49. The van der Waals surface area contributed by atoms with Crippen LogP contribution in [0.5, 0.6) is 0 Å². The Bertz CT molecular complexity index is 455. The van der Waals surface area contributed by atoms with Crippen LogP contribution >= 0.6 is 0 Å². The zero-order valence-electron chi connectivity index (χ0n) is 12.3. The van der Waals surface area contributed by atoms with Crippen LogP contribution in [0.3, 0.4) is 0 Å². The van der Waals surface area contributed by atoms with Gasteiger partial charge >= 0.3 is 0 Å². The highest BCUT2D eigenvalue weighted by Crippen LogP contribution is 2.59. The number of nitrogens with two attached hydrogens (primary N) is 1. The van der Waals surface area contributed by atoms with E-state index in [0.717, 1.165) is 30.0 Å². The minimum Gasteiger partial charge on any atom is -0.328 e.